The van der Waals surface area contributed by atoms with E-state index in [1.54, 1.807) is 19.2 Å². The summed E-state index contributed by atoms with van der Waals surface area (Å²) < 4.78 is 16.2. The molecule has 1 aliphatic rings. The third-order valence-electron chi connectivity index (χ3n) is 3.74. The van der Waals surface area contributed by atoms with Gasteiger partial charge in [0.25, 0.3) is 0 Å². The number of hydrogen-bond acceptors (Lipinski definition) is 8. The highest BCUT2D eigenvalue weighted by Crippen LogP contribution is 2.34. The number of aromatic nitrogens is 2. The lowest BCUT2D eigenvalue weighted by molar-refractivity contribution is -0.114. The number of fused-ring (bicyclic) bond motifs is 1. The molecule has 1 aliphatic carbocycles. The number of hydrogen-bond donors (Lipinski definition) is 1. The Kier molecular flexibility index (Phi) is 5.82. The van der Waals surface area contributed by atoms with Crippen LogP contribution in [-0.4, -0.2) is 49.0 Å². The Morgan fingerprint density at radius 1 is 1.07 bits per heavy atom. The van der Waals surface area contributed by atoms with Crippen molar-refractivity contribution >= 4 is 44.2 Å². The quantitative estimate of drug-likeness (QED) is 0.524. The first-order chi connectivity index (χ1) is 13.0. The number of Topliss-reactive ketones (excluding diaryl/α,β-unsaturated/α-hetero) is 1. The maximum absolute atomic E-state index is 12.2. The van der Waals surface area contributed by atoms with Gasteiger partial charge in [-0.3, -0.25) is 9.59 Å². The smallest absolute Gasteiger partial charge is 0.216 e. The van der Waals surface area contributed by atoms with Gasteiger partial charge in [0.15, 0.2) is 17.3 Å². The molecule has 0 unspecified atom stereocenters. The molecule has 0 aliphatic heterocycles. The van der Waals surface area contributed by atoms with Crippen molar-refractivity contribution in [2.24, 2.45) is 0 Å². The van der Waals surface area contributed by atoms with Crippen molar-refractivity contribution < 1.29 is 23.8 Å². The highest BCUT2D eigenvalue weighted by molar-refractivity contribution is 9.12. The van der Waals surface area contributed by atoms with E-state index in [0.29, 0.717) is 41.4 Å². The largest absolute Gasteiger partial charge is 0.493 e. The molecule has 27 heavy (non-hydrogen) atoms. The first-order valence-electron chi connectivity index (χ1n) is 7.92. The SMILES string of the molecule is COCCOc1cc2ncnc(NC3=CC(=O)C=C(Br)C3=O)c2cc1OC. The molecule has 140 valence electrons. The Hall–Kier alpha value is -2.78. The predicted octanol–water partition coefficient (Wildman–Crippen LogP) is 2.39. The summed E-state index contributed by atoms with van der Waals surface area (Å²) in [5, 5.41) is 3.52. The van der Waals surface area contributed by atoms with E-state index < -0.39 is 0 Å². The number of rotatable bonds is 7. The fourth-order valence-corrected chi connectivity index (χ4v) is 2.90. The molecule has 0 atom stereocenters. The molecule has 2 aromatic rings. The lowest BCUT2D eigenvalue weighted by Crippen LogP contribution is -2.18. The molecule has 0 bridgehead atoms. The molecule has 0 fully saturated rings. The summed E-state index contributed by atoms with van der Waals surface area (Å²) >= 11 is 3.09. The summed E-state index contributed by atoms with van der Waals surface area (Å²) in [5.41, 5.74) is 0.708. The zero-order valence-corrected chi connectivity index (χ0v) is 16.2. The van der Waals surface area contributed by atoms with Crippen molar-refractivity contribution in [1.82, 2.24) is 9.97 Å². The van der Waals surface area contributed by atoms with Gasteiger partial charge in [0.2, 0.25) is 5.78 Å². The maximum atomic E-state index is 12.2. The average molecular weight is 434 g/mol. The van der Waals surface area contributed by atoms with Gasteiger partial charge in [0.1, 0.15) is 18.8 Å². The molecular formula is C18H16BrN3O5. The van der Waals surface area contributed by atoms with E-state index in [9.17, 15) is 9.59 Å². The Morgan fingerprint density at radius 3 is 2.63 bits per heavy atom. The van der Waals surface area contributed by atoms with Crippen LogP contribution in [0.25, 0.3) is 10.9 Å². The summed E-state index contributed by atoms with van der Waals surface area (Å²) in [4.78, 5) is 32.4. The number of nitrogens with zero attached hydrogens (tertiary/aromatic N) is 2. The first kappa shape index (κ1) is 19.0. The summed E-state index contributed by atoms with van der Waals surface area (Å²) in [7, 11) is 3.11. The maximum Gasteiger partial charge on any atom is 0.216 e. The minimum absolute atomic E-state index is 0.119. The molecule has 1 N–H and O–H groups in total. The summed E-state index contributed by atoms with van der Waals surface area (Å²) in [6, 6.07) is 3.43. The molecule has 1 aromatic heterocycles. The van der Waals surface area contributed by atoms with Crippen molar-refractivity contribution in [2.75, 3.05) is 32.8 Å². The van der Waals surface area contributed by atoms with E-state index in [1.807, 2.05) is 0 Å². The zero-order chi connectivity index (χ0) is 19.4. The van der Waals surface area contributed by atoms with Gasteiger partial charge in [-0.05, 0) is 22.0 Å². The van der Waals surface area contributed by atoms with E-state index >= 15 is 0 Å². The van der Waals surface area contributed by atoms with Gasteiger partial charge in [-0.2, -0.15) is 0 Å². The van der Waals surface area contributed by atoms with Gasteiger partial charge in [0.05, 0.1) is 29.4 Å². The molecule has 9 heteroatoms. The Balaban J connectivity index is 1.97. The average Bonchev–Trinajstić information content (AvgIpc) is 2.65. The third-order valence-corrected chi connectivity index (χ3v) is 4.32. The number of methoxy groups -OCH3 is 2. The number of carbonyl (C=O) groups is 2. The second-order valence-corrected chi connectivity index (χ2v) is 6.34. The number of allylic oxidation sites excluding steroid dienone is 3. The van der Waals surface area contributed by atoms with Crippen LogP contribution in [0.2, 0.25) is 0 Å². The molecule has 0 saturated carbocycles. The molecular weight excluding hydrogens is 418 g/mol. The minimum Gasteiger partial charge on any atom is -0.493 e. The van der Waals surface area contributed by atoms with E-state index in [4.69, 9.17) is 14.2 Å². The normalized spacial score (nSPS) is 14.0. The van der Waals surface area contributed by atoms with E-state index in [0.717, 1.165) is 0 Å². The van der Waals surface area contributed by atoms with Gasteiger partial charge in [-0.15, -0.1) is 0 Å². The highest BCUT2D eigenvalue weighted by Gasteiger charge is 2.21. The number of anilines is 1. The molecule has 0 radical (unpaired) electrons. The van der Waals surface area contributed by atoms with E-state index in [2.05, 4.69) is 31.2 Å². The van der Waals surface area contributed by atoms with Crippen LogP contribution in [-0.2, 0) is 14.3 Å². The van der Waals surface area contributed by atoms with Gasteiger partial charge in [0, 0.05) is 30.7 Å². The second-order valence-electron chi connectivity index (χ2n) is 5.49. The first-order valence-corrected chi connectivity index (χ1v) is 8.72. The van der Waals surface area contributed by atoms with Crippen LogP contribution in [0, 0.1) is 0 Å². The van der Waals surface area contributed by atoms with Crippen LogP contribution >= 0.6 is 15.9 Å². The van der Waals surface area contributed by atoms with Crippen LogP contribution in [0.4, 0.5) is 5.82 Å². The molecule has 1 aromatic carbocycles. The second kappa shape index (κ2) is 8.28. The monoisotopic (exact) mass is 433 g/mol. The van der Waals surface area contributed by atoms with Crippen molar-refractivity contribution in [2.45, 2.75) is 0 Å². The topological polar surface area (TPSA) is 99.6 Å². The summed E-state index contributed by atoms with van der Waals surface area (Å²) in [6.07, 6.45) is 3.80. The molecule has 0 amide bonds. The van der Waals surface area contributed by atoms with Crippen molar-refractivity contribution in [3.63, 3.8) is 0 Å². The molecule has 3 rings (SSSR count). The summed E-state index contributed by atoms with van der Waals surface area (Å²) in [5.74, 6) is 0.732. The van der Waals surface area contributed by atoms with Gasteiger partial charge < -0.3 is 19.5 Å². The fraction of sp³-hybridized carbons (Fsp3) is 0.222. The molecule has 0 saturated heterocycles. The van der Waals surface area contributed by atoms with Crippen LogP contribution in [0.3, 0.4) is 0 Å². The zero-order valence-electron chi connectivity index (χ0n) is 14.6. The molecule has 0 spiro atoms. The van der Waals surface area contributed by atoms with Crippen molar-refractivity contribution in [3.8, 4) is 11.5 Å². The number of carbonyl (C=O) groups excluding carboxylic acids is 2. The van der Waals surface area contributed by atoms with Crippen molar-refractivity contribution in [3.05, 3.63) is 40.8 Å². The van der Waals surface area contributed by atoms with Crippen LogP contribution < -0.4 is 14.8 Å². The van der Waals surface area contributed by atoms with Crippen LogP contribution in [0.15, 0.2) is 40.8 Å². The molecule has 1 heterocycles. The van der Waals surface area contributed by atoms with Crippen LogP contribution in [0.5, 0.6) is 11.5 Å². The Morgan fingerprint density at radius 2 is 1.89 bits per heavy atom. The highest BCUT2D eigenvalue weighted by atomic mass is 79.9. The number of nitrogens with one attached hydrogen (secondary N) is 1. The van der Waals surface area contributed by atoms with Gasteiger partial charge in [-0.1, -0.05) is 0 Å². The fourth-order valence-electron chi connectivity index (χ4n) is 2.46. The Bertz CT molecular complexity index is 971. The standard InChI is InChI=1S/C18H16BrN3O5/c1-25-3-4-27-16-8-13-11(7-15(16)26-2)18(21-9-20-13)22-14-6-10(23)5-12(19)17(14)24/h5-9H,3-4H2,1-2H3,(H,20,21,22). The lowest BCUT2D eigenvalue weighted by atomic mass is 10.1. The Labute approximate surface area is 163 Å². The van der Waals surface area contributed by atoms with Gasteiger partial charge in [-0.25, -0.2) is 9.97 Å². The molecule has 8 nitrogen and oxygen atoms in total. The van der Waals surface area contributed by atoms with Crippen molar-refractivity contribution in [1.29, 1.82) is 0 Å². The third kappa shape index (κ3) is 4.15. The van der Waals surface area contributed by atoms with Crippen LogP contribution in [0.1, 0.15) is 0 Å². The predicted molar refractivity (Wildman–Crippen MR) is 102 cm³/mol. The van der Waals surface area contributed by atoms with Gasteiger partial charge >= 0.3 is 0 Å². The number of halogens is 1. The number of ether oxygens (including phenoxy) is 3. The number of benzene rings is 1. The minimum atomic E-state index is -0.340. The number of ketones is 2. The van der Waals surface area contributed by atoms with E-state index in [-0.39, 0.29) is 21.7 Å². The van der Waals surface area contributed by atoms with E-state index in [1.165, 1.54) is 25.6 Å². The summed E-state index contributed by atoms with van der Waals surface area (Å²) in [6.45, 7) is 0.795. The lowest BCUT2D eigenvalue weighted by Gasteiger charge is -2.15.